The van der Waals surface area contributed by atoms with Crippen molar-refractivity contribution in [2.24, 2.45) is 34.5 Å². The van der Waals surface area contributed by atoms with Crippen molar-refractivity contribution in [3.63, 3.8) is 0 Å². The molecular weight excluding hydrogens is 1770 g/mol. The molecule has 112 heavy (non-hydrogen) atoms. The van der Waals surface area contributed by atoms with Crippen molar-refractivity contribution in [1.82, 2.24) is 0 Å². The monoisotopic (exact) mass is 1900 g/mol. The summed E-state index contributed by atoms with van der Waals surface area (Å²) in [6.07, 6.45) is 21.2. The van der Waals surface area contributed by atoms with Gasteiger partial charge in [-0.25, -0.2) is 19.6 Å². The first-order chi connectivity index (χ1) is 52.8. The first kappa shape index (κ1) is 92.4. The van der Waals surface area contributed by atoms with Crippen molar-refractivity contribution >= 4 is 89.0 Å². The third kappa shape index (κ3) is 24.0. The van der Waals surface area contributed by atoms with E-state index in [2.05, 4.69) is 211 Å². The number of nitrogens with zero attached hydrogens (tertiary/aromatic N) is 3. The van der Waals surface area contributed by atoms with Gasteiger partial charge < -0.3 is 14.7 Å². The molecule has 3 aliphatic heterocycles. The first-order valence-corrected chi connectivity index (χ1v) is 57.3. The van der Waals surface area contributed by atoms with Crippen molar-refractivity contribution in [1.29, 1.82) is 0 Å². The van der Waals surface area contributed by atoms with E-state index in [0.29, 0.717) is 10.8 Å². The fourth-order valence-electron chi connectivity index (χ4n) is 20.1. The number of hydrogen-bond acceptors (Lipinski definition) is 6. The Morgan fingerprint density at radius 1 is 0.411 bits per heavy atom. The second-order valence-corrected chi connectivity index (χ2v) is 52.9. The number of hydrogen-bond donors (Lipinski definition) is 0. The van der Waals surface area contributed by atoms with Gasteiger partial charge in [-0.15, -0.1) is 16.2 Å². The fourth-order valence-corrected chi connectivity index (χ4v) is 25.5. The van der Waals surface area contributed by atoms with Crippen LogP contribution in [0.2, 0.25) is 0 Å². The Morgan fingerprint density at radius 3 is 1.13 bits per heavy atom. The first-order valence-electron chi connectivity index (χ1n) is 40.9. The van der Waals surface area contributed by atoms with Gasteiger partial charge in [0.15, 0.2) is 0 Å². The molecule has 0 radical (unpaired) electrons. The van der Waals surface area contributed by atoms with Gasteiger partial charge in [0.05, 0.1) is 0 Å². The van der Waals surface area contributed by atoms with Gasteiger partial charge in [-0.1, -0.05) is 167 Å². The Balaban J connectivity index is 0.000000157. The van der Waals surface area contributed by atoms with E-state index in [4.69, 9.17) is 72.4 Å². The molecule has 5 aliphatic carbocycles. The van der Waals surface area contributed by atoms with E-state index >= 15 is 0 Å². The molecule has 0 aromatic heterocycles. The quantitative estimate of drug-likeness (QED) is 0.0752. The molecule has 0 N–H and O–H groups in total. The van der Waals surface area contributed by atoms with E-state index in [1.807, 2.05) is 128 Å². The molecule has 620 valence electrons. The molecule has 3 heterocycles. The Bertz CT molecular complexity index is 4100. The number of rotatable bonds is 15. The molecule has 1 atom stereocenters. The number of anilines is 3. The van der Waals surface area contributed by atoms with Gasteiger partial charge >= 0.3 is 293 Å². The normalized spacial score (nSPS) is 22.8. The van der Waals surface area contributed by atoms with Crippen LogP contribution in [0.5, 0.6) is 17.2 Å². The molecule has 1 unspecified atom stereocenters. The summed E-state index contributed by atoms with van der Waals surface area (Å²) in [7, 11) is 34.9. The molecule has 8 fully saturated rings. The van der Waals surface area contributed by atoms with Gasteiger partial charge in [-0.2, -0.15) is 0 Å². The number of para-hydroxylation sites is 4. The summed E-state index contributed by atoms with van der Waals surface area (Å²) < 4.78 is 22.5. The summed E-state index contributed by atoms with van der Waals surface area (Å²) in [4.78, 5) is 7.89. The SMILES string of the molecule is CC(C)Oc1ccccc1[CH]=[Ru]([Cl])[Cl].CC(C)Oc1ccccc1[CH]=[Ru]([Cl])[Cl].CC(C)Oc1ccccc1[CH]=[Ru]([Cl])[Cl].CCc1cccc(CC)c1N1[CH-]C2(CC1(C)C)C1CC3CC(C1)CC2C3.Cc1cc(C)c(N2[CH-]C(C)(c3ccccc3)CC2(C)C)c(C)c1.Cc1cc(C)c(N2[CH-]C3(CCCCC3)CC2(C)C)c(C)c1. The molecule has 0 amide bonds. The molecule has 3 saturated heterocycles. The van der Waals surface area contributed by atoms with E-state index in [9.17, 15) is 0 Å². The largest absolute Gasteiger partial charge is 0.517 e. The van der Waals surface area contributed by atoms with E-state index in [-0.39, 0.29) is 40.3 Å². The van der Waals surface area contributed by atoms with Crippen LogP contribution >= 0.6 is 58.1 Å². The Labute approximate surface area is 717 Å². The minimum Gasteiger partial charge on any atom is -0.517 e. The van der Waals surface area contributed by atoms with Crippen molar-refractivity contribution in [3.8, 4) is 17.2 Å². The summed E-state index contributed by atoms with van der Waals surface area (Å²) in [5, 5.41) is 0. The zero-order valence-corrected chi connectivity index (χ0v) is 80.6. The van der Waals surface area contributed by atoms with E-state index in [1.165, 1.54) is 132 Å². The van der Waals surface area contributed by atoms with Crippen LogP contribution in [0.3, 0.4) is 0 Å². The average Bonchev–Trinajstić information content (AvgIpc) is 1.52. The minimum atomic E-state index is -1.77. The van der Waals surface area contributed by atoms with E-state index in [1.54, 1.807) is 12.1 Å². The smallest absolute Gasteiger partial charge is 0.0140 e. The molecule has 7 aromatic carbocycles. The maximum absolute atomic E-state index is 5.82. The predicted octanol–water partition coefficient (Wildman–Crippen LogP) is 28.5. The van der Waals surface area contributed by atoms with E-state index < -0.39 is 40.6 Å². The number of aryl methyl sites for hydroxylation is 8. The molecule has 15 heteroatoms. The van der Waals surface area contributed by atoms with Crippen molar-refractivity contribution in [2.45, 2.75) is 282 Å². The van der Waals surface area contributed by atoms with Crippen LogP contribution in [0.4, 0.5) is 17.1 Å². The molecule has 7 aromatic rings. The average molecular weight is 1900 g/mol. The summed E-state index contributed by atoms with van der Waals surface area (Å²) in [5.74, 6) is 6.59. The van der Waals surface area contributed by atoms with Crippen LogP contribution in [0.1, 0.15) is 254 Å². The topological polar surface area (TPSA) is 37.4 Å². The number of ether oxygens (including phenoxy) is 3. The molecule has 15 rings (SSSR count). The van der Waals surface area contributed by atoms with Crippen LogP contribution in [0.15, 0.2) is 146 Å². The fraction of sp³-hybridized carbons (Fsp3) is 0.505. The van der Waals surface area contributed by atoms with Crippen LogP contribution in [-0.4, -0.2) is 48.8 Å². The second kappa shape index (κ2) is 40.5. The maximum Gasteiger partial charge on any atom is 0.0140 e. The Kier molecular flexibility index (Phi) is 33.5. The summed E-state index contributed by atoms with van der Waals surface area (Å²) >= 11 is -5.31. The molecule has 5 saturated carbocycles. The van der Waals surface area contributed by atoms with Gasteiger partial charge in [0.2, 0.25) is 0 Å². The summed E-state index contributed by atoms with van der Waals surface area (Å²) in [6, 6.07) is 50.5. The van der Waals surface area contributed by atoms with Crippen molar-refractivity contribution in [3.05, 3.63) is 232 Å². The number of halogens is 6. The molecular formula is C97H130Cl6N3O3Ru3-3. The zero-order valence-electron chi connectivity index (χ0n) is 70.9. The molecule has 2 spiro atoms. The molecule has 6 nitrogen and oxygen atoms in total. The van der Waals surface area contributed by atoms with Gasteiger partial charge in [0.1, 0.15) is 0 Å². The summed E-state index contributed by atoms with van der Waals surface area (Å²) in [5.41, 5.74) is 21.7. The molecule has 8 aliphatic rings. The second-order valence-electron chi connectivity index (χ2n) is 35.7. The third-order valence-corrected chi connectivity index (χ3v) is 29.3. The van der Waals surface area contributed by atoms with Crippen LogP contribution in [0.25, 0.3) is 0 Å². The standard InChI is InChI=1S/C25H36N.C22H28N.C20H30N.3C10H12O.6ClH.3Ru/c1-5-19-8-7-9-20(6-2)23(19)26-16-25(15-24(26,3)4)21-11-17-10-18(13-21)14-22(25)12-17;1-16-12-17(2)20(18(3)13-16)23-15-22(6,14-21(23,4)5)19-10-8-7-9-11-19;1-15-11-16(2)18(17(3)12-15)21-14-20(13-19(21,4)5)9-7-6-8-10-20;3*1-8(2)11-10-7-5-4-6-9(10)3;;;;;;;;;/h7-9,16-18,21-22H,5-6,10-15H2,1-4H3;7-13,15H,14H2,1-6H3;11-12,14H,6-10,13H2,1-5H3;3*3-8H,1-2H3;6*1H;;;/q3*-1;;;;;;;;;;3*+2/p-6. The predicted molar refractivity (Wildman–Crippen MR) is 479 cm³/mol. The Morgan fingerprint density at radius 2 is 0.759 bits per heavy atom. The Hall–Kier alpha value is -3.44. The minimum absolute atomic E-state index is 0.0779. The van der Waals surface area contributed by atoms with Crippen LogP contribution < -0.4 is 28.9 Å². The van der Waals surface area contributed by atoms with Gasteiger partial charge in [0, 0.05) is 33.7 Å². The van der Waals surface area contributed by atoms with Crippen LogP contribution in [-0.2, 0) is 58.8 Å². The van der Waals surface area contributed by atoms with Crippen molar-refractivity contribution in [2.75, 3.05) is 14.7 Å². The summed E-state index contributed by atoms with van der Waals surface area (Å²) in [6.45, 7) is 54.8. The number of benzene rings is 7. The van der Waals surface area contributed by atoms with E-state index in [0.717, 1.165) is 76.9 Å². The third-order valence-electron chi connectivity index (χ3n) is 23.8. The van der Waals surface area contributed by atoms with Crippen LogP contribution in [0, 0.1) is 95.7 Å². The van der Waals surface area contributed by atoms with Gasteiger partial charge in [-0.3, -0.25) is 0 Å². The van der Waals surface area contributed by atoms with Gasteiger partial charge in [-0.05, 0) is 180 Å². The van der Waals surface area contributed by atoms with Gasteiger partial charge in [0.25, 0.3) is 0 Å². The zero-order chi connectivity index (χ0) is 81.8. The van der Waals surface area contributed by atoms with Crippen molar-refractivity contribution < 1.29 is 54.8 Å². The maximum atomic E-state index is 5.82. The molecule has 4 bridgehead atoms.